The Kier molecular flexibility index (Phi) is 6.08. The molecule has 10 nitrogen and oxygen atoms in total. The van der Waals surface area contributed by atoms with Crippen molar-refractivity contribution < 1.29 is 44.6 Å². The summed E-state index contributed by atoms with van der Waals surface area (Å²) >= 11 is 0. The zero-order chi connectivity index (χ0) is 27.4. The van der Waals surface area contributed by atoms with Gasteiger partial charge in [-0.2, -0.15) is 0 Å². The van der Waals surface area contributed by atoms with E-state index in [1.807, 2.05) is 0 Å². The summed E-state index contributed by atoms with van der Waals surface area (Å²) < 4.78 is 12.2. The number of fused-ring (bicyclic) bond motifs is 1. The first-order valence-corrected chi connectivity index (χ1v) is 11.5. The number of rotatable bonds is 3. The van der Waals surface area contributed by atoms with Crippen LogP contribution in [-0.2, 0) is 14.3 Å². The fourth-order valence-corrected chi connectivity index (χ4v) is 5.27. The third-order valence-electron chi connectivity index (χ3n) is 7.38. The van der Waals surface area contributed by atoms with Gasteiger partial charge in [-0.3, -0.25) is 0 Å². The van der Waals surface area contributed by atoms with Gasteiger partial charge in [0.2, 0.25) is 5.70 Å². The summed E-state index contributed by atoms with van der Waals surface area (Å²) in [6.07, 6.45) is -0.615. The van der Waals surface area contributed by atoms with Crippen LogP contribution in [0, 0.1) is 24.8 Å². The van der Waals surface area contributed by atoms with E-state index in [0.29, 0.717) is 0 Å². The molecule has 1 saturated heterocycles. The lowest BCUT2D eigenvalue weighted by atomic mass is 9.60. The third kappa shape index (κ3) is 4.21. The second-order valence-corrected chi connectivity index (χ2v) is 10.2. The van der Waals surface area contributed by atoms with Gasteiger partial charge in [0.1, 0.15) is 23.7 Å². The molecule has 0 radical (unpaired) electrons. The fourth-order valence-electron chi connectivity index (χ4n) is 5.27. The van der Waals surface area contributed by atoms with Crippen LogP contribution in [0.2, 0.25) is 0 Å². The molecule has 0 saturated carbocycles. The van der Waals surface area contributed by atoms with Gasteiger partial charge in [-0.1, -0.05) is 13.8 Å². The van der Waals surface area contributed by atoms with Crippen LogP contribution in [0.25, 0.3) is 4.85 Å². The minimum absolute atomic E-state index is 0.0834. The normalized spacial score (nSPS) is 26.5. The van der Waals surface area contributed by atoms with Crippen LogP contribution < -0.4 is 0 Å². The number of hydrogen-bond donors (Lipinski definition) is 5. The van der Waals surface area contributed by atoms with E-state index in [0.717, 1.165) is 24.3 Å². The lowest BCUT2D eigenvalue weighted by molar-refractivity contribution is -0.204. The second kappa shape index (κ2) is 8.71. The van der Waals surface area contributed by atoms with Crippen LogP contribution in [0.5, 0.6) is 28.7 Å². The maximum Gasteiger partial charge on any atom is 0.338 e. The molecular formula is C27H27NO9. The molecule has 37 heavy (non-hydrogen) atoms. The molecule has 5 N–H and O–H groups in total. The van der Waals surface area contributed by atoms with Crippen LogP contribution in [0.3, 0.4) is 0 Å². The van der Waals surface area contributed by atoms with E-state index in [9.17, 15) is 35.1 Å². The summed E-state index contributed by atoms with van der Waals surface area (Å²) in [6, 6.07) is 4.62. The van der Waals surface area contributed by atoms with E-state index >= 15 is 0 Å². The summed E-state index contributed by atoms with van der Waals surface area (Å²) in [5, 5.41) is 50.1. The highest BCUT2D eigenvalue weighted by Crippen LogP contribution is 2.55. The Morgan fingerprint density at radius 3 is 2.14 bits per heavy atom. The molecular weight excluding hydrogens is 482 g/mol. The standard InChI is InChI=1S/C27H27NO9/c1-12-16(29)8-14(9-17(12)30)25(35)36-20-10-21-26(2,3)24(34)15(28-5)11-27(21,4)37-23(20)13-6-18(31)22(33)19(32)7-13/h6-9,11,20-21,23,29-33H,10H2,1-4H3/t20-,21?,23-,27?/m1/s1. The van der Waals surface area contributed by atoms with Crippen LogP contribution in [0.15, 0.2) is 36.0 Å². The summed E-state index contributed by atoms with van der Waals surface area (Å²) in [6.45, 7) is 14.0. The molecule has 194 valence electrons. The number of Topliss-reactive ketones (excluding diaryl/α,β-unsaturated/α-hetero) is 1. The van der Waals surface area contributed by atoms with Gasteiger partial charge in [0.05, 0.1) is 17.7 Å². The van der Waals surface area contributed by atoms with Gasteiger partial charge in [-0.25, -0.2) is 9.64 Å². The number of esters is 1. The summed E-state index contributed by atoms with van der Waals surface area (Å²) in [7, 11) is 0. The Morgan fingerprint density at radius 2 is 1.59 bits per heavy atom. The van der Waals surface area contributed by atoms with Crippen molar-refractivity contribution in [1.29, 1.82) is 0 Å². The van der Waals surface area contributed by atoms with Crippen molar-refractivity contribution in [1.82, 2.24) is 0 Å². The van der Waals surface area contributed by atoms with Gasteiger partial charge in [0.25, 0.3) is 0 Å². The van der Waals surface area contributed by atoms with Gasteiger partial charge in [-0.05, 0) is 56.2 Å². The van der Waals surface area contributed by atoms with E-state index in [2.05, 4.69) is 4.85 Å². The quantitative estimate of drug-likeness (QED) is 0.234. The Bertz CT molecular complexity index is 1340. The highest BCUT2D eigenvalue weighted by atomic mass is 16.6. The second-order valence-electron chi connectivity index (χ2n) is 10.2. The van der Waals surface area contributed by atoms with Crippen LogP contribution in [-0.4, -0.2) is 49.0 Å². The Labute approximate surface area is 212 Å². The summed E-state index contributed by atoms with van der Waals surface area (Å²) in [5.74, 6) is -4.39. The number of hydrogen-bond acceptors (Lipinski definition) is 9. The third-order valence-corrected chi connectivity index (χ3v) is 7.38. The zero-order valence-corrected chi connectivity index (χ0v) is 20.6. The van der Waals surface area contributed by atoms with E-state index in [-0.39, 0.29) is 46.1 Å². The van der Waals surface area contributed by atoms with Crippen molar-refractivity contribution in [2.24, 2.45) is 11.3 Å². The number of ketones is 1. The summed E-state index contributed by atoms with van der Waals surface area (Å²) in [4.78, 5) is 29.5. The first kappa shape index (κ1) is 25.9. The number of phenolic OH excluding ortho intramolecular Hbond substituents is 5. The van der Waals surface area contributed by atoms with E-state index in [1.54, 1.807) is 20.8 Å². The minimum Gasteiger partial charge on any atom is -0.508 e. The Morgan fingerprint density at radius 1 is 1.03 bits per heavy atom. The van der Waals surface area contributed by atoms with Crippen molar-refractivity contribution >= 4 is 11.8 Å². The van der Waals surface area contributed by atoms with E-state index < -0.39 is 52.4 Å². The van der Waals surface area contributed by atoms with E-state index in [1.165, 1.54) is 13.0 Å². The van der Waals surface area contributed by atoms with Crippen molar-refractivity contribution in [3.8, 4) is 28.7 Å². The molecule has 2 aromatic carbocycles. The average molecular weight is 510 g/mol. The molecule has 4 atom stereocenters. The maximum atomic E-state index is 13.1. The molecule has 1 fully saturated rings. The molecule has 2 unspecified atom stereocenters. The van der Waals surface area contributed by atoms with Gasteiger partial charge in [0.15, 0.2) is 23.0 Å². The molecule has 0 spiro atoms. The molecule has 1 aliphatic carbocycles. The van der Waals surface area contributed by atoms with Gasteiger partial charge < -0.3 is 39.8 Å². The van der Waals surface area contributed by atoms with Gasteiger partial charge >= 0.3 is 5.97 Å². The Hall–Kier alpha value is -4.23. The Balaban J connectivity index is 1.80. The van der Waals surface area contributed by atoms with Crippen molar-refractivity contribution in [3.05, 3.63) is 64.1 Å². The van der Waals surface area contributed by atoms with Gasteiger partial charge in [0, 0.05) is 16.9 Å². The monoisotopic (exact) mass is 509 g/mol. The number of carbonyl (C=O) groups is 2. The molecule has 0 bridgehead atoms. The number of aromatic hydroxyl groups is 5. The molecule has 10 heteroatoms. The van der Waals surface area contributed by atoms with Crippen molar-refractivity contribution in [3.63, 3.8) is 0 Å². The number of phenols is 5. The van der Waals surface area contributed by atoms with Crippen LogP contribution in [0.4, 0.5) is 0 Å². The molecule has 1 aliphatic heterocycles. The SMILES string of the molecule is [C-]#[N+]C1=CC2(C)O[C@H](c3cc(O)c(O)c(O)c3)[C@H](OC(=O)c3cc(O)c(C)c(O)c3)CC2C(C)(C)C1=O. The molecule has 2 aromatic rings. The zero-order valence-electron chi connectivity index (χ0n) is 20.6. The first-order valence-electron chi connectivity index (χ1n) is 11.5. The molecule has 2 aliphatic rings. The summed E-state index contributed by atoms with van der Waals surface area (Å²) in [5.41, 5.74) is -2.07. The number of allylic oxidation sites excluding steroid dienone is 1. The molecule has 1 heterocycles. The maximum absolute atomic E-state index is 13.1. The lowest BCUT2D eigenvalue weighted by Crippen LogP contribution is -2.57. The lowest BCUT2D eigenvalue weighted by Gasteiger charge is -2.54. The fraction of sp³-hybridized carbons (Fsp3) is 0.370. The average Bonchev–Trinajstić information content (AvgIpc) is 2.83. The van der Waals surface area contributed by atoms with Crippen molar-refractivity contribution in [2.75, 3.05) is 0 Å². The van der Waals surface area contributed by atoms with Gasteiger partial charge in [-0.15, -0.1) is 0 Å². The number of ether oxygens (including phenoxy) is 2. The molecule has 0 aromatic heterocycles. The first-order chi connectivity index (χ1) is 17.2. The highest BCUT2D eigenvalue weighted by molar-refractivity contribution is 6.02. The number of benzene rings is 2. The predicted molar refractivity (Wildman–Crippen MR) is 129 cm³/mol. The van der Waals surface area contributed by atoms with Crippen LogP contribution in [0.1, 0.15) is 54.8 Å². The smallest absolute Gasteiger partial charge is 0.338 e. The van der Waals surface area contributed by atoms with Crippen LogP contribution >= 0.6 is 0 Å². The highest BCUT2D eigenvalue weighted by Gasteiger charge is 2.57. The van der Waals surface area contributed by atoms with Crippen molar-refractivity contribution in [2.45, 2.75) is 51.9 Å². The number of carbonyl (C=O) groups excluding carboxylic acids is 2. The molecule has 4 rings (SSSR count). The topological polar surface area (TPSA) is 158 Å². The van der Waals surface area contributed by atoms with E-state index in [4.69, 9.17) is 16.0 Å². The predicted octanol–water partition coefficient (Wildman–Crippen LogP) is 4.00. The molecule has 0 amide bonds. The minimum atomic E-state index is -1.16. The number of nitrogens with zero attached hydrogens (tertiary/aromatic N) is 1. The largest absolute Gasteiger partial charge is 0.508 e.